The fourth-order valence-corrected chi connectivity index (χ4v) is 0.938. The molecule has 0 atom stereocenters. The second-order valence-corrected chi connectivity index (χ2v) is 2.42. The van der Waals surface area contributed by atoms with Gasteiger partial charge in [0, 0.05) is 5.56 Å². The molecule has 3 heteroatoms. The minimum atomic E-state index is -0.403. The quantitative estimate of drug-likeness (QED) is 0.623. The Morgan fingerprint density at radius 1 is 1.31 bits per heavy atom. The third-order valence-corrected chi connectivity index (χ3v) is 1.54. The molecule has 0 spiro atoms. The van der Waals surface area contributed by atoms with Crippen LogP contribution in [0.2, 0.25) is 0 Å². The van der Waals surface area contributed by atoms with Crippen molar-refractivity contribution in [1.82, 2.24) is 0 Å². The molecular formula is C10H9FO2. The van der Waals surface area contributed by atoms with Gasteiger partial charge in [0.25, 0.3) is 0 Å². The maximum atomic E-state index is 12.7. The van der Waals surface area contributed by atoms with Crippen molar-refractivity contribution in [2.24, 2.45) is 0 Å². The lowest BCUT2D eigenvalue weighted by molar-refractivity contribution is 0.281. The van der Waals surface area contributed by atoms with Crippen molar-refractivity contribution in [3.8, 4) is 11.8 Å². The predicted molar refractivity (Wildman–Crippen MR) is 46.3 cm³/mol. The number of hydrogen-bond donors (Lipinski definition) is 2. The maximum absolute atomic E-state index is 12.7. The largest absolute Gasteiger partial charge is 0.392 e. The molecule has 0 bridgehead atoms. The average molecular weight is 180 g/mol. The van der Waals surface area contributed by atoms with E-state index in [-0.39, 0.29) is 13.2 Å². The summed E-state index contributed by atoms with van der Waals surface area (Å²) in [5.74, 6) is 4.55. The van der Waals surface area contributed by atoms with Gasteiger partial charge in [-0.25, -0.2) is 4.39 Å². The fraction of sp³-hybridized carbons (Fsp3) is 0.200. The van der Waals surface area contributed by atoms with E-state index in [1.807, 2.05) is 0 Å². The van der Waals surface area contributed by atoms with Crippen LogP contribution in [-0.4, -0.2) is 16.8 Å². The molecule has 0 saturated heterocycles. The Morgan fingerprint density at radius 2 is 2.08 bits per heavy atom. The molecule has 0 heterocycles. The van der Waals surface area contributed by atoms with Crippen molar-refractivity contribution in [3.63, 3.8) is 0 Å². The minimum Gasteiger partial charge on any atom is -0.392 e. The summed E-state index contributed by atoms with van der Waals surface area (Å²) in [6, 6.07) is 3.96. The number of rotatable bonds is 1. The van der Waals surface area contributed by atoms with Gasteiger partial charge in [0.2, 0.25) is 0 Å². The summed E-state index contributed by atoms with van der Waals surface area (Å²) in [5.41, 5.74) is 0.971. The first-order valence-corrected chi connectivity index (χ1v) is 3.77. The summed E-state index contributed by atoms with van der Waals surface area (Å²) < 4.78 is 12.7. The highest BCUT2D eigenvalue weighted by Gasteiger charge is 1.99. The van der Waals surface area contributed by atoms with Crippen LogP contribution in [0.1, 0.15) is 11.1 Å². The average Bonchev–Trinajstić information content (AvgIpc) is 2.15. The highest BCUT2D eigenvalue weighted by Crippen LogP contribution is 2.09. The monoisotopic (exact) mass is 180 g/mol. The zero-order valence-electron chi connectivity index (χ0n) is 6.92. The second-order valence-electron chi connectivity index (χ2n) is 2.42. The molecule has 68 valence electrons. The molecule has 0 unspecified atom stereocenters. The first kappa shape index (κ1) is 9.72. The topological polar surface area (TPSA) is 40.5 Å². The van der Waals surface area contributed by atoms with Gasteiger partial charge in [-0.2, -0.15) is 0 Å². The van der Waals surface area contributed by atoms with E-state index in [4.69, 9.17) is 10.2 Å². The summed E-state index contributed by atoms with van der Waals surface area (Å²) in [6.07, 6.45) is 0. The van der Waals surface area contributed by atoms with E-state index >= 15 is 0 Å². The van der Waals surface area contributed by atoms with Crippen molar-refractivity contribution in [1.29, 1.82) is 0 Å². The van der Waals surface area contributed by atoms with E-state index in [1.54, 1.807) is 0 Å². The lowest BCUT2D eigenvalue weighted by Crippen LogP contribution is -1.90. The highest BCUT2D eigenvalue weighted by molar-refractivity contribution is 5.41. The van der Waals surface area contributed by atoms with Crippen LogP contribution in [0, 0.1) is 17.7 Å². The van der Waals surface area contributed by atoms with Crippen molar-refractivity contribution < 1.29 is 14.6 Å². The van der Waals surface area contributed by atoms with Gasteiger partial charge in [0.05, 0.1) is 6.61 Å². The predicted octanol–water partition coefficient (Wildman–Crippen LogP) is 0.662. The highest BCUT2D eigenvalue weighted by atomic mass is 19.1. The Balaban J connectivity index is 3.08. The van der Waals surface area contributed by atoms with Gasteiger partial charge in [-0.1, -0.05) is 17.9 Å². The number of hydrogen-bond acceptors (Lipinski definition) is 2. The number of aliphatic hydroxyl groups is 2. The van der Waals surface area contributed by atoms with Crippen molar-refractivity contribution in [2.45, 2.75) is 6.61 Å². The molecular weight excluding hydrogens is 171 g/mol. The first-order valence-electron chi connectivity index (χ1n) is 3.77. The summed E-state index contributed by atoms with van der Waals surface area (Å²) in [7, 11) is 0. The van der Waals surface area contributed by atoms with Gasteiger partial charge in [-0.15, -0.1) is 0 Å². The van der Waals surface area contributed by atoms with Crippen LogP contribution in [0.25, 0.3) is 0 Å². The molecule has 0 saturated carbocycles. The molecule has 0 aromatic heterocycles. The molecule has 1 aromatic rings. The Kier molecular flexibility index (Phi) is 3.44. The molecule has 13 heavy (non-hydrogen) atoms. The fourth-order valence-electron chi connectivity index (χ4n) is 0.938. The van der Waals surface area contributed by atoms with Crippen LogP contribution in [0.4, 0.5) is 4.39 Å². The van der Waals surface area contributed by atoms with Crippen molar-refractivity contribution >= 4 is 0 Å². The van der Waals surface area contributed by atoms with Gasteiger partial charge in [-0.3, -0.25) is 0 Å². The van der Waals surface area contributed by atoms with E-state index < -0.39 is 5.82 Å². The number of aliphatic hydroxyl groups excluding tert-OH is 2. The lowest BCUT2D eigenvalue weighted by Gasteiger charge is -1.99. The molecule has 2 nitrogen and oxygen atoms in total. The maximum Gasteiger partial charge on any atom is 0.124 e. The third-order valence-electron chi connectivity index (χ3n) is 1.54. The number of benzene rings is 1. The molecule has 0 aliphatic heterocycles. The summed E-state index contributed by atoms with van der Waals surface area (Å²) in [6.45, 7) is -0.461. The summed E-state index contributed by atoms with van der Waals surface area (Å²) >= 11 is 0. The number of halogens is 1. The van der Waals surface area contributed by atoms with Crippen LogP contribution >= 0.6 is 0 Å². The molecule has 1 rings (SSSR count). The Morgan fingerprint density at radius 3 is 2.69 bits per heavy atom. The van der Waals surface area contributed by atoms with Crippen LogP contribution in [0.5, 0.6) is 0 Å². The summed E-state index contributed by atoms with van der Waals surface area (Å²) in [4.78, 5) is 0. The van der Waals surface area contributed by atoms with Gasteiger partial charge >= 0.3 is 0 Å². The van der Waals surface area contributed by atoms with Gasteiger partial charge in [-0.05, 0) is 17.7 Å². The lowest BCUT2D eigenvalue weighted by atomic mass is 10.1. The summed E-state index contributed by atoms with van der Waals surface area (Å²) in [5, 5.41) is 17.3. The van der Waals surface area contributed by atoms with Crippen LogP contribution < -0.4 is 0 Å². The molecule has 0 aliphatic carbocycles. The SMILES string of the molecule is OCC#Cc1cc(F)ccc1CO. The minimum absolute atomic E-state index is 0.185. The molecule has 0 radical (unpaired) electrons. The van der Waals surface area contributed by atoms with Gasteiger partial charge < -0.3 is 10.2 Å². The van der Waals surface area contributed by atoms with Gasteiger partial charge in [0.1, 0.15) is 12.4 Å². The van der Waals surface area contributed by atoms with Crippen molar-refractivity contribution in [2.75, 3.05) is 6.61 Å². The molecule has 0 fully saturated rings. The van der Waals surface area contributed by atoms with E-state index in [0.717, 1.165) is 0 Å². The molecule has 2 N–H and O–H groups in total. The zero-order valence-corrected chi connectivity index (χ0v) is 6.92. The Labute approximate surface area is 75.6 Å². The standard InChI is InChI=1S/C10H9FO2/c11-10-4-3-9(7-13)8(6-10)2-1-5-12/h3-4,6,12-13H,5,7H2. The molecule has 0 amide bonds. The first-order chi connectivity index (χ1) is 6.27. The van der Waals surface area contributed by atoms with Gasteiger partial charge in [0.15, 0.2) is 0 Å². The smallest absolute Gasteiger partial charge is 0.124 e. The Hall–Kier alpha value is -1.37. The van der Waals surface area contributed by atoms with E-state index in [0.29, 0.717) is 11.1 Å². The second kappa shape index (κ2) is 4.61. The van der Waals surface area contributed by atoms with E-state index in [9.17, 15) is 4.39 Å². The molecule has 1 aromatic carbocycles. The zero-order chi connectivity index (χ0) is 9.68. The van der Waals surface area contributed by atoms with E-state index in [2.05, 4.69) is 11.8 Å². The molecule has 0 aliphatic rings. The third kappa shape index (κ3) is 2.55. The normalized spacial score (nSPS) is 9.15. The van der Waals surface area contributed by atoms with Crippen LogP contribution in [0.15, 0.2) is 18.2 Å². The van der Waals surface area contributed by atoms with Crippen LogP contribution in [0.3, 0.4) is 0 Å². The van der Waals surface area contributed by atoms with Crippen molar-refractivity contribution in [3.05, 3.63) is 35.1 Å². The van der Waals surface area contributed by atoms with Crippen LogP contribution in [-0.2, 0) is 6.61 Å². The Bertz CT molecular complexity index is 350. The van der Waals surface area contributed by atoms with E-state index in [1.165, 1.54) is 18.2 Å².